The highest BCUT2D eigenvalue weighted by Gasteiger charge is 2.39. The highest BCUT2D eigenvalue weighted by Crippen LogP contribution is 2.41. The Bertz CT molecular complexity index is 749. The molecule has 0 bridgehead atoms. The van der Waals surface area contributed by atoms with Gasteiger partial charge in [-0.1, -0.05) is 81.5 Å². The van der Waals surface area contributed by atoms with Crippen molar-refractivity contribution < 1.29 is 5.11 Å². The summed E-state index contributed by atoms with van der Waals surface area (Å²) in [4.78, 5) is 2.63. The molecule has 1 atom stereocenters. The predicted octanol–water partition coefficient (Wildman–Crippen LogP) is 6.13. The van der Waals surface area contributed by atoms with Crippen LogP contribution in [0.15, 0.2) is 42.5 Å². The van der Waals surface area contributed by atoms with Crippen molar-refractivity contribution in [2.75, 3.05) is 19.6 Å². The molecule has 152 valence electrons. The molecule has 0 radical (unpaired) electrons. The first-order valence-corrected chi connectivity index (χ1v) is 11.6. The quantitative estimate of drug-likeness (QED) is 0.690. The monoisotopic (exact) mass is 379 g/mol. The van der Waals surface area contributed by atoms with Gasteiger partial charge in [0, 0.05) is 12.5 Å². The lowest BCUT2D eigenvalue weighted by molar-refractivity contribution is -0.0242. The van der Waals surface area contributed by atoms with Gasteiger partial charge in [0.2, 0.25) is 0 Å². The van der Waals surface area contributed by atoms with Crippen LogP contribution in [0.25, 0.3) is 10.8 Å². The van der Waals surface area contributed by atoms with Gasteiger partial charge in [-0.15, -0.1) is 0 Å². The third kappa shape index (κ3) is 4.44. The molecule has 28 heavy (non-hydrogen) atoms. The molecule has 2 aliphatic rings. The Hall–Kier alpha value is -1.38. The standard InChI is InChI=1S/C26H37NO/c1-21-14-18-27(19-15-21)20-25(26(28)16-7-3-2-4-8-17-26)24-13-9-11-22-10-5-6-12-23(22)24/h5-6,9-13,21,25,28H,2-4,7-8,14-20H2,1H3. The summed E-state index contributed by atoms with van der Waals surface area (Å²) in [6, 6.07) is 15.4. The van der Waals surface area contributed by atoms with Gasteiger partial charge in [0.15, 0.2) is 0 Å². The average Bonchev–Trinajstić information content (AvgIpc) is 2.70. The van der Waals surface area contributed by atoms with Crippen LogP contribution in [0.3, 0.4) is 0 Å². The van der Waals surface area contributed by atoms with Crippen LogP contribution < -0.4 is 0 Å². The summed E-state index contributed by atoms with van der Waals surface area (Å²) in [5.74, 6) is 1.04. The van der Waals surface area contributed by atoms with Gasteiger partial charge in [0.1, 0.15) is 0 Å². The lowest BCUT2D eigenvalue weighted by Gasteiger charge is -2.42. The van der Waals surface area contributed by atoms with E-state index in [1.807, 2.05) is 0 Å². The zero-order valence-electron chi connectivity index (χ0n) is 17.6. The first-order chi connectivity index (χ1) is 13.7. The Morgan fingerprint density at radius 3 is 2.32 bits per heavy atom. The molecular weight excluding hydrogens is 342 g/mol. The van der Waals surface area contributed by atoms with Gasteiger partial charge in [-0.3, -0.25) is 0 Å². The molecule has 2 aromatic rings. The molecule has 1 unspecified atom stereocenters. The van der Waals surface area contributed by atoms with Gasteiger partial charge in [-0.25, -0.2) is 0 Å². The molecule has 1 aliphatic carbocycles. The van der Waals surface area contributed by atoms with E-state index >= 15 is 0 Å². The maximum absolute atomic E-state index is 12.0. The van der Waals surface area contributed by atoms with E-state index in [0.717, 1.165) is 38.1 Å². The number of nitrogens with zero attached hydrogens (tertiary/aromatic N) is 1. The molecular formula is C26H37NO. The van der Waals surface area contributed by atoms with Gasteiger partial charge in [0.25, 0.3) is 0 Å². The number of fused-ring (bicyclic) bond motifs is 1. The third-order valence-electron chi connectivity index (χ3n) is 7.38. The van der Waals surface area contributed by atoms with Crippen LogP contribution >= 0.6 is 0 Å². The van der Waals surface area contributed by atoms with E-state index in [0.29, 0.717) is 0 Å². The fourth-order valence-electron chi connectivity index (χ4n) is 5.48. The zero-order chi connectivity index (χ0) is 19.4. The summed E-state index contributed by atoms with van der Waals surface area (Å²) in [6.45, 7) is 5.73. The van der Waals surface area contributed by atoms with Crippen LogP contribution in [-0.2, 0) is 0 Å². The molecule has 2 aromatic carbocycles. The number of benzene rings is 2. The van der Waals surface area contributed by atoms with Gasteiger partial charge >= 0.3 is 0 Å². The van der Waals surface area contributed by atoms with Gasteiger partial charge in [-0.2, -0.15) is 0 Å². The van der Waals surface area contributed by atoms with Gasteiger partial charge < -0.3 is 10.0 Å². The van der Waals surface area contributed by atoms with Crippen LogP contribution in [0.1, 0.15) is 76.2 Å². The maximum Gasteiger partial charge on any atom is 0.0728 e. The Balaban J connectivity index is 1.69. The van der Waals surface area contributed by atoms with E-state index in [-0.39, 0.29) is 5.92 Å². The van der Waals surface area contributed by atoms with Crippen LogP contribution in [0.4, 0.5) is 0 Å². The van der Waals surface area contributed by atoms with Crippen LogP contribution in [0, 0.1) is 5.92 Å². The van der Waals surface area contributed by atoms with E-state index in [1.165, 1.54) is 61.5 Å². The summed E-state index contributed by atoms with van der Waals surface area (Å²) in [5.41, 5.74) is 0.785. The summed E-state index contributed by atoms with van der Waals surface area (Å²) in [5, 5.41) is 14.6. The maximum atomic E-state index is 12.0. The predicted molar refractivity (Wildman–Crippen MR) is 119 cm³/mol. The second-order valence-corrected chi connectivity index (χ2v) is 9.48. The van der Waals surface area contributed by atoms with Crippen LogP contribution in [-0.4, -0.2) is 35.2 Å². The molecule has 1 aliphatic heterocycles. The molecule has 1 heterocycles. The van der Waals surface area contributed by atoms with E-state index in [2.05, 4.69) is 54.3 Å². The lowest BCUT2D eigenvalue weighted by Crippen LogP contribution is -2.45. The molecule has 2 heteroatoms. The van der Waals surface area contributed by atoms with Crippen molar-refractivity contribution in [2.24, 2.45) is 5.92 Å². The molecule has 1 saturated heterocycles. The fourth-order valence-corrected chi connectivity index (χ4v) is 5.48. The Kier molecular flexibility index (Phi) is 6.38. The van der Waals surface area contributed by atoms with Crippen LogP contribution in [0.5, 0.6) is 0 Å². The highest BCUT2D eigenvalue weighted by atomic mass is 16.3. The molecule has 0 amide bonds. The minimum Gasteiger partial charge on any atom is -0.389 e. The van der Waals surface area contributed by atoms with Crippen molar-refractivity contribution in [3.8, 4) is 0 Å². The first-order valence-electron chi connectivity index (χ1n) is 11.6. The van der Waals surface area contributed by atoms with E-state index in [9.17, 15) is 5.11 Å². The van der Waals surface area contributed by atoms with Crippen molar-refractivity contribution >= 4 is 10.8 Å². The van der Waals surface area contributed by atoms with Crippen LogP contribution in [0.2, 0.25) is 0 Å². The summed E-state index contributed by atoms with van der Waals surface area (Å²) in [6.07, 6.45) is 10.7. The van der Waals surface area contributed by atoms with Gasteiger partial charge in [0.05, 0.1) is 5.60 Å². The van der Waals surface area contributed by atoms with Crippen molar-refractivity contribution in [3.05, 3.63) is 48.0 Å². The Labute approximate surface area is 170 Å². The number of piperidine rings is 1. The molecule has 1 saturated carbocycles. The molecule has 0 spiro atoms. The lowest BCUT2D eigenvalue weighted by atomic mass is 9.73. The average molecular weight is 380 g/mol. The molecule has 2 nitrogen and oxygen atoms in total. The second kappa shape index (κ2) is 8.97. The summed E-state index contributed by atoms with van der Waals surface area (Å²) in [7, 11) is 0. The normalized spacial score (nSPS) is 23.2. The molecule has 1 N–H and O–H groups in total. The minimum atomic E-state index is -0.576. The van der Waals surface area contributed by atoms with Crippen molar-refractivity contribution in [1.82, 2.24) is 4.90 Å². The topological polar surface area (TPSA) is 23.5 Å². The van der Waals surface area contributed by atoms with E-state index < -0.39 is 5.60 Å². The second-order valence-electron chi connectivity index (χ2n) is 9.48. The fraction of sp³-hybridized carbons (Fsp3) is 0.615. The van der Waals surface area contributed by atoms with Crippen molar-refractivity contribution in [3.63, 3.8) is 0 Å². The number of hydrogen-bond donors (Lipinski definition) is 1. The smallest absolute Gasteiger partial charge is 0.0728 e. The first kappa shape index (κ1) is 19.9. The molecule has 2 fully saturated rings. The van der Waals surface area contributed by atoms with E-state index in [4.69, 9.17) is 0 Å². The number of rotatable bonds is 4. The Morgan fingerprint density at radius 1 is 0.929 bits per heavy atom. The summed E-state index contributed by atoms with van der Waals surface area (Å²) >= 11 is 0. The number of aliphatic hydroxyl groups is 1. The molecule has 0 aromatic heterocycles. The van der Waals surface area contributed by atoms with Crippen molar-refractivity contribution in [1.29, 1.82) is 0 Å². The van der Waals surface area contributed by atoms with Gasteiger partial charge in [-0.05, 0) is 61.0 Å². The van der Waals surface area contributed by atoms with E-state index in [1.54, 1.807) is 0 Å². The number of hydrogen-bond acceptors (Lipinski definition) is 2. The zero-order valence-corrected chi connectivity index (χ0v) is 17.6. The molecule has 4 rings (SSSR count). The third-order valence-corrected chi connectivity index (χ3v) is 7.38. The largest absolute Gasteiger partial charge is 0.389 e. The SMILES string of the molecule is CC1CCN(CC(c2cccc3ccccc23)C2(O)CCCCCCC2)CC1. The highest BCUT2D eigenvalue weighted by molar-refractivity contribution is 5.86. The van der Waals surface area contributed by atoms with Crippen molar-refractivity contribution in [2.45, 2.75) is 76.2 Å². The minimum absolute atomic E-state index is 0.199. The summed E-state index contributed by atoms with van der Waals surface area (Å²) < 4.78 is 0. The number of likely N-dealkylation sites (tertiary alicyclic amines) is 1. The Morgan fingerprint density at radius 2 is 1.57 bits per heavy atom.